The number of imidazole rings is 1. The second kappa shape index (κ2) is 5.03. The molecule has 3 nitrogen and oxygen atoms in total. The first-order valence-electron chi connectivity index (χ1n) is 5.32. The second-order valence-corrected chi connectivity index (χ2v) is 6.60. The van der Waals surface area contributed by atoms with Crippen LogP contribution >= 0.6 is 27.3 Å². The summed E-state index contributed by atoms with van der Waals surface area (Å²) in [7, 11) is 0. The lowest BCUT2D eigenvalue weighted by Gasteiger charge is -2.08. The molecular formula is C12H12BrN3S. The average Bonchev–Trinajstić information content (AvgIpc) is 2.87. The third kappa shape index (κ3) is 2.59. The summed E-state index contributed by atoms with van der Waals surface area (Å²) in [6, 6.07) is 6.32. The number of aromatic amines is 1. The molecule has 2 aromatic rings. The summed E-state index contributed by atoms with van der Waals surface area (Å²) in [5.74, 6) is 0.836. The van der Waals surface area contributed by atoms with Crippen molar-refractivity contribution in [2.45, 2.75) is 19.8 Å². The molecule has 0 radical (unpaired) electrons. The molecule has 0 aliphatic carbocycles. The first kappa shape index (κ1) is 12.3. The summed E-state index contributed by atoms with van der Waals surface area (Å²) in [5.41, 5.74) is 0.969. The minimum absolute atomic E-state index is 0.174. The number of aromatic nitrogens is 2. The van der Waals surface area contributed by atoms with Crippen LogP contribution in [0.1, 0.15) is 25.6 Å². The van der Waals surface area contributed by atoms with E-state index in [1.165, 1.54) is 0 Å². The molecule has 0 aliphatic rings. The Morgan fingerprint density at radius 2 is 2.24 bits per heavy atom. The van der Waals surface area contributed by atoms with Crippen molar-refractivity contribution in [1.82, 2.24) is 9.97 Å². The van der Waals surface area contributed by atoms with Crippen LogP contribution in [0.15, 0.2) is 22.1 Å². The van der Waals surface area contributed by atoms with E-state index >= 15 is 0 Å². The largest absolute Gasteiger partial charge is 0.340 e. The second-order valence-electron chi connectivity index (χ2n) is 4.14. The Balaban J connectivity index is 2.30. The maximum atomic E-state index is 9.12. The summed E-state index contributed by atoms with van der Waals surface area (Å²) in [6.07, 6.45) is 1.79. The van der Waals surface area contributed by atoms with E-state index in [1.807, 2.05) is 26.0 Å². The van der Waals surface area contributed by atoms with Crippen molar-refractivity contribution in [3.8, 4) is 16.6 Å². The Morgan fingerprint density at radius 1 is 1.47 bits per heavy atom. The van der Waals surface area contributed by atoms with Crippen molar-refractivity contribution in [2.24, 2.45) is 5.92 Å². The lowest BCUT2D eigenvalue weighted by Crippen LogP contribution is -2.05. The predicted octanol–water partition coefficient (Wildman–Crippen LogP) is 4.16. The van der Waals surface area contributed by atoms with Gasteiger partial charge in [-0.05, 0) is 34.0 Å². The Hall–Kier alpha value is -1.12. The van der Waals surface area contributed by atoms with Crippen LogP contribution in [0, 0.1) is 17.2 Å². The number of rotatable bonds is 3. The van der Waals surface area contributed by atoms with Gasteiger partial charge in [-0.15, -0.1) is 11.3 Å². The molecule has 0 saturated heterocycles. The van der Waals surface area contributed by atoms with E-state index in [-0.39, 0.29) is 11.8 Å². The fourth-order valence-corrected chi connectivity index (χ4v) is 2.96. The predicted molar refractivity (Wildman–Crippen MR) is 72.8 cm³/mol. The third-order valence-electron chi connectivity index (χ3n) is 2.53. The van der Waals surface area contributed by atoms with E-state index in [4.69, 9.17) is 5.26 Å². The molecule has 2 aromatic heterocycles. The van der Waals surface area contributed by atoms with E-state index in [0.717, 1.165) is 20.2 Å². The number of nitrogens with one attached hydrogen (secondary N) is 1. The van der Waals surface area contributed by atoms with Crippen LogP contribution in [-0.4, -0.2) is 9.97 Å². The molecule has 0 spiro atoms. The van der Waals surface area contributed by atoms with Crippen molar-refractivity contribution < 1.29 is 0 Å². The van der Waals surface area contributed by atoms with Gasteiger partial charge in [-0.1, -0.05) is 13.8 Å². The Labute approximate surface area is 113 Å². The van der Waals surface area contributed by atoms with Crippen LogP contribution in [0.4, 0.5) is 0 Å². The van der Waals surface area contributed by atoms with Crippen LogP contribution in [0.5, 0.6) is 0 Å². The minimum Gasteiger partial charge on any atom is -0.340 e. The highest BCUT2D eigenvalue weighted by molar-refractivity contribution is 9.11. The van der Waals surface area contributed by atoms with Crippen LogP contribution in [-0.2, 0) is 0 Å². The maximum absolute atomic E-state index is 9.12. The van der Waals surface area contributed by atoms with Gasteiger partial charge in [0.2, 0.25) is 0 Å². The van der Waals surface area contributed by atoms with Gasteiger partial charge in [0.1, 0.15) is 11.7 Å². The number of thiophene rings is 1. The minimum atomic E-state index is -0.174. The molecule has 88 valence electrons. The SMILES string of the molecule is CC(C)C(C#N)c1ncc(-c2ccc(Br)s2)[nH]1. The lowest BCUT2D eigenvalue weighted by atomic mass is 9.97. The molecule has 2 heterocycles. The van der Waals surface area contributed by atoms with Gasteiger partial charge in [0.05, 0.1) is 26.6 Å². The van der Waals surface area contributed by atoms with Gasteiger partial charge in [-0.2, -0.15) is 5.26 Å². The fraction of sp³-hybridized carbons (Fsp3) is 0.333. The first-order valence-corrected chi connectivity index (χ1v) is 6.93. The van der Waals surface area contributed by atoms with Crippen molar-refractivity contribution in [3.05, 3.63) is 27.9 Å². The standard InChI is InChI=1S/C12H12BrN3S/c1-7(2)8(5-14)12-15-6-9(16-12)10-3-4-11(13)17-10/h3-4,6-8H,1-2H3,(H,15,16). The summed E-state index contributed by atoms with van der Waals surface area (Å²) < 4.78 is 1.09. The van der Waals surface area contributed by atoms with Gasteiger partial charge in [-0.3, -0.25) is 0 Å². The van der Waals surface area contributed by atoms with Gasteiger partial charge in [-0.25, -0.2) is 4.98 Å². The number of halogens is 1. The first-order chi connectivity index (χ1) is 8.11. The van der Waals surface area contributed by atoms with Gasteiger partial charge in [0, 0.05) is 0 Å². The topological polar surface area (TPSA) is 52.5 Å². The normalized spacial score (nSPS) is 12.6. The van der Waals surface area contributed by atoms with Crippen LogP contribution < -0.4 is 0 Å². The smallest absolute Gasteiger partial charge is 0.124 e. The number of nitrogens with zero attached hydrogens (tertiary/aromatic N) is 2. The van der Waals surface area contributed by atoms with Crippen molar-refractivity contribution in [3.63, 3.8) is 0 Å². The molecule has 0 aromatic carbocycles. The number of hydrogen-bond acceptors (Lipinski definition) is 3. The lowest BCUT2D eigenvalue weighted by molar-refractivity contribution is 0.566. The van der Waals surface area contributed by atoms with E-state index in [1.54, 1.807) is 17.5 Å². The van der Waals surface area contributed by atoms with Gasteiger partial charge in [0.25, 0.3) is 0 Å². The zero-order chi connectivity index (χ0) is 12.4. The van der Waals surface area contributed by atoms with Crippen molar-refractivity contribution >= 4 is 27.3 Å². The summed E-state index contributed by atoms with van der Waals surface area (Å²) in [4.78, 5) is 8.66. The number of nitriles is 1. The molecule has 1 N–H and O–H groups in total. The zero-order valence-corrected chi connectivity index (χ0v) is 12.0. The van der Waals surface area contributed by atoms with Gasteiger partial charge in [0.15, 0.2) is 0 Å². The Morgan fingerprint density at radius 3 is 2.76 bits per heavy atom. The van der Waals surface area contributed by atoms with Crippen LogP contribution in [0.25, 0.3) is 10.6 Å². The molecule has 0 amide bonds. The molecule has 0 saturated carbocycles. The highest BCUT2D eigenvalue weighted by Crippen LogP contribution is 2.31. The van der Waals surface area contributed by atoms with E-state index < -0.39 is 0 Å². The molecule has 5 heteroatoms. The number of H-pyrrole nitrogens is 1. The molecule has 17 heavy (non-hydrogen) atoms. The summed E-state index contributed by atoms with van der Waals surface area (Å²) in [6.45, 7) is 4.05. The van der Waals surface area contributed by atoms with Gasteiger partial charge < -0.3 is 4.98 Å². The fourth-order valence-electron chi connectivity index (χ4n) is 1.60. The monoisotopic (exact) mass is 309 g/mol. The summed E-state index contributed by atoms with van der Waals surface area (Å²) >= 11 is 5.08. The highest BCUT2D eigenvalue weighted by atomic mass is 79.9. The van der Waals surface area contributed by atoms with Gasteiger partial charge >= 0.3 is 0 Å². The third-order valence-corrected chi connectivity index (χ3v) is 4.19. The Bertz CT molecular complexity index is 550. The molecule has 1 unspecified atom stereocenters. The van der Waals surface area contributed by atoms with Crippen LogP contribution in [0.3, 0.4) is 0 Å². The molecule has 0 bridgehead atoms. The van der Waals surface area contributed by atoms with Crippen molar-refractivity contribution in [1.29, 1.82) is 5.26 Å². The van der Waals surface area contributed by atoms with E-state index in [0.29, 0.717) is 0 Å². The zero-order valence-electron chi connectivity index (χ0n) is 9.57. The molecule has 0 fully saturated rings. The average molecular weight is 310 g/mol. The molecule has 0 aliphatic heterocycles. The Kier molecular flexibility index (Phi) is 3.65. The highest BCUT2D eigenvalue weighted by Gasteiger charge is 2.18. The van der Waals surface area contributed by atoms with E-state index in [9.17, 15) is 0 Å². The molecular weight excluding hydrogens is 298 g/mol. The number of hydrogen-bond donors (Lipinski definition) is 1. The molecule has 2 rings (SSSR count). The quantitative estimate of drug-likeness (QED) is 0.925. The van der Waals surface area contributed by atoms with Crippen LogP contribution in [0.2, 0.25) is 0 Å². The maximum Gasteiger partial charge on any atom is 0.124 e. The van der Waals surface area contributed by atoms with E-state index in [2.05, 4.69) is 32.0 Å². The summed E-state index contributed by atoms with van der Waals surface area (Å²) in [5, 5.41) is 9.12. The molecule has 1 atom stereocenters. The van der Waals surface area contributed by atoms with Crippen molar-refractivity contribution in [2.75, 3.05) is 0 Å².